The average molecular weight is 322 g/mol. The van der Waals surface area contributed by atoms with Crippen molar-refractivity contribution in [2.75, 3.05) is 10.6 Å². The topological polar surface area (TPSA) is 58.2 Å². The number of benzene rings is 2. The Morgan fingerprint density at radius 2 is 1.25 bits per heavy atom. The number of carbonyl (C=O) groups is 2. The maximum atomic E-state index is 11.7. The van der Waals surface area contributed by atoms with E-state index in [0.717, 1.165) is 22.5 Å². The van der Waals surface area contributed by atoms with Crippen molar-refractivity contribution < 1.29 is 9.59 Å². The molecule has 0 fully saturated rings. The van der Waals surface area contributed by atoms with Gasteiger partial charge in [0, 0.05) is 22.9 Å². The highest BCUT2D eigenvalue weighted by Crippen LogP contribution is 2.23. The third-order valence-corrected chi connectivity index (χ3v) is 3.54. The second-order valence-corrected chi connectivity index (χ2v) is 6.03. The molecular formula is C20H22N2O2. The highest BCUT2D eigenvalue weighted by molar-refractivity contribution is 6.02. The molecule has 2 N–H and O–H groups in total. The molecule has 4 nitrogen and oxygen atoms in total. The van der Waals surface area contributed by atoms with Crippen LogP contribution in [-0.4, -0.2) is 11.8 Å². The molecule has 0 saturated heterocycles. The SMILES string of the molecule is C=C(C)C(=O)Nc1ccc(-c2ccc(NC(=O)C(C)C)cc2)cc1. The summed E-state index contributed by atoms with van der Waals surface area (Å²) in [7, 11) is 0. The van der Waals surface area contributed by atoms with Crippen molar-refractivity contribution in [1.29, 1.82) is 0 Å². The summed E-state index contributed by atoms with van der Waals surface area (Å²) in [4.78, 5) is 23.3. The fourth-order valence-corrected chi connectivity index (χ4v) is 2.02. The first kappa shape index (κ1) is 17.5. The molecule has 0 unspecified atom stereocenters. The van der Waals surface area contributed by atoms with Crippen LogP contribution in [0.4, 0.5) is 11.4 Å². The first-order chi connectivity index (χ1) is 11.4. The summed E-state index contributed by atoms with van der Waals surface area (Å²) >= 11 is 0. The van der Waals surface area contributed by atoms with Gasteiger partial charge in [-0.25, -0.2) is 0 Å². The van der Waals surface area contributed by atoms with E-state index in [4.69, 9.17) is 0 Å². The van der Waals surface area contributed by atoms with Crippen molar-refractivity contribution in [3.05, 3.63) is 60.7 Å². The maximum Gasteiger partial charge on any atom is 0.250 e. The van der Waals surface area contributed by atoms with Gasteiger partial charge in [-0.3, -0.25) is 9.59 Å². The van der Waals surface area contributed by atoms with Crippen LogP contribution in [-0.2, 0) is 9.59 Å². The summed E-state index contributed by atoms with van der Waals surface area (Å²) in [5.74, 6) is -0.236. The fraction of sp³-hybridized carbons (Fsp3) is 0.200. The number of amides is 2. The molecule has 0 spiro atoms. The van der Waals surface area contributed by atoms with E-state index in [1.54, 1.807) is 6.92 Å². The van der Waals surface area contributed by atoms with Gasteiger partial charge in [0.05, 0.1) is 0 Å². The Balaban J connectivity index is 2.08. The van der Waals surface area contributed by atoms with Crippen LogP contribution in [0.25, 0.3) is 11.1 Å². The molecule has 24 heavy (non-hydrogen) atoms. The van der Waals surface area contributed by atoms with Gasteiger partial charge < -0.3 is 10.6 Å². The lowest BCUT2D eigenvalue weighted by Gasteiger charge is -2.09. The third kappa shape index (κ3) is 4.56. The molecule has 2 amide bonds. The average Bonchev–Trinajstić information content (AvgIpc) is 2.56. The Kier molecular flexibility index (Phi) is 5.53. The molecule has 0 radical (unpaired) electrons. The molecule has 0 saturated carbocycles. The normalized spacial score (nSPS) is 10.3. The lowest BCUT2D eigenvalue weighted by atomic mass is 10.0. The number of carbonyl (C=O) groups excluding carboxylic acids is 2. The summed E-state index contributed by atoms with van der Waals surface area (Å²) in [5, 5.41) is 5.64. The molecule has 0 aliphatic carbocycles. The van der Waals surface area contributed by atoms with E-state index in [2.05, 4.69) is 17.2 Å². The van der Waals surface area contributed by atoms with E-state index in [9.17, 15) is 9.59 Å². The van der Waals surface area contributed by atoms with Gasteiger partial charge in [-0.1, -0.05) is 44.7 Å². The predicted octanol–water partition coefficient (Wildman–Crippen LogP) is 4.46. The molecule has 0 atom stereocenters. The van der Waals surface area contributed by atoms with E-state index in [1.165, 1.54) is 0 Å². The monoisotopic (exact) mass is 322 g/mol. The fourth-order valence-electron chi connectivity index (χ4n) is 2.02. The van der Waals surface area contributed by atoms with Crippen LogP contribution < -0.4 is 10.6 Å². The first-order valence-electron chi connectivity index (χ1n) is 7.85. The van der Waals surface area contributed by atoms with Crippen molar-refractivity contribution in [3.8, 4) is 11.1 Å². The zero-order valence-corrected chi connectivity index (χ0v) is 14.2. The van der Waals surface area contributed by atoms with E-state index in [0.29, 0.717) is 5.57 Å². The zero-order valence-electron chi connectivity index (χ0n) is 14.2. The minimum absolute atomic E-state index is 0.000330. The predicted molar refractivity (Wildman–Crippen MR) is 98.8 cm³/mol. The van der Waals surface area contributed by atoms with Gasteiger partial charge in [0.15, 0.2) is 0 Å². The van der Waals surface area contributed by atoms with Gasteiger partial charge in [0.25, 0.3) is 5.91 Å². The van der Waals surface area contributed by atoms with Crippen molar-refractivity contribution in [2.45, 2.75) is 20.8 Å². The number of rotatable bonds is 5. The third-order valence-electron chi connectivity index (χ3n) is 3.54. The van der Waals surface area contributed by atoms with Gasteiger partial charge in [-0.15, -0.1) is 0 Å². The number of hydrogen-bond acceptors (Lipinski definition) is 2. The van der Waals surface area contributed by atoms with Crippen molar-refractivity contribution in [3.63, 3.8) is 0 Å². The lowest BCUT2D eigenvalue weighted by molar-refractivity contribution is -0.119. The van der Waals surface area contributed by atoms with Crippen molar-refractivity contribution in [2.24, 2.45) is 5.92 Å². The van der Waals surface area contributed by atoms with Crippen molar-refractivity contribution >= 4 is 23.2 Å². The largest absolute Gasteiger partial charge is 0.326 e. The maximum absolute atomic E-state index is 11.7. The van der Waals surface area contributed by atoms with E-state index < -0.39 is 0 Å². The molecular weight excluding hydrogens is 300 g/mol. The van der Waals surface area contributed by atoms with Crippen LogP contribution in [0.15, 0.2) is 60.7 Å². The Hall–Kier alpha value is -2.88. The number of anilines is 2. The quantitative estimate of drug-likeness (QED) is 0.798. The van der Waals surface area contributed by atoms with E-state index in [1.807, 2.05) is 62.4 Å². The first-order valence-corrected chi connectivity index (χ1v) is 7.85. The Morgan fingerprint density at radius 3 is 1.62 bits per heavy atom. The van der Waals surface area contributed by atoms with Crippen LogP contribution in [0.1, 0.15) is 20.8 Å². The van der Waals surface area contributed by atoms with E-state index >= 15 is 0 Å². The van der Waals surface area contributed by atoms with Gasteiger partial charge in [0.1, 0.15) is 0 Å². The summed E-state index contributed by atoms with van der Waals surface area (Å²) < 4.78 is 0. The van der Waals surface area contributed by atoms with Gasteiger partial charge in [-0.2, -0.15) is 0 Å². The summed E-state index contributed by atoms with van der Waals surface area (Å²) in [6.45, 7) is 9.00. The molecule has 0 aromatic heterocycles. The van der Waals surface area contributed by atoms with Gasteiger partial charge in [-0.05, 0) is 42.3 Å². The number of hydrogen-bond donors (Lipinski definition) is 2. The molecule has 2 aromatic carbocycles. The molecule has 4 heteroatoms. The molecule has 0 aliphatic rings. The minimum atomic E-state index is -0.187. The molecule has 2 rings (SSSR count). The Bertz CT molecular complexity index is 744. The summed E-state index contributed by atoms with van der Waals surface area (Å²) in [5.41, 5.74) is 4.05. The zero-order chi connectivity index (χ0) is 17.7. The van der Waals surface area contributed by atoms with Gasteiger partial charge in [0.2, 0.25) is 5.91 Å². The highest BCUT2D eigenvalue weighted by Gasteiger charge is 2.07. The Morgan fingerprint density at radius 1 is 0.833 bits per heavy atom. The van der Waals surface area contributed by atoms with Crippen LogP contribution in [0.5, 0.6) is 0 Å². The molecule has 0 aliphatic heterocycles. The molecule has 2 aromatic rings. The summed E-state index contributed by atoms with van der Waals surface area (Å²) in [6, 6.07) is 15.3. The number of nitrogens with one attached hydrogen (secondary N) is 2. The smallest absolute Gasteiger partial charge is 0.250 e. The standard InChI is InChI=1S/C20H22N2O2/c1-13(2)19(23)21-17-9-5-15(6-10-17)16-7-11-18(12-8-16)22-20(24)14(3)4/h5-12,14H,1H2,2-4H3,(H,21,23)(H,22,24). The van der Waals surface area contributed by atoms with E-state index in [-0.39, 0.29) is 17.7 Å². The second-order valence-electron chi connectivity index (χ2n) is 6.03. The molecule has 0 bridgehead atoms. The molecule has 124 valence electrons. The minimum Gasteiger partial charge on any atom is -0.326 e. The van der Waals surface area contributed by atoms with Crippen LogP contribution in [0.3, 0.4) is 0 Å². The second kappa shape index (κ2) is 7.59. The highest BCUT2D eigenvalue weighted by atomic mass is 16.2. The van der Waals surface area contributed by atoms with Crippen molar-refractivity contribution in [1.82, 2.24) is 0 Å². The summed E-state index contributed by atoms with van der Waals surface area (Å²) in [6.07, 6.45) is 0. The van der Waals surface area contributed by atoms with Crippen LogP contribution in [0.2, 0.25) is 0 Å². The lowest BCUT2D eigenvalue weighted by Crippen LogP contribution is -2.17. The molecule has 0 heterocycles. The van der Waals surface area contributed by atoms with Gasteiger partial charge >= 0.3 is 0 Å². The van der Waals surface area contributed by atoms with Crippen LogP contribution in [0, 0.1) is 5.92 Å². The Labute approximate surface area is 142 Å². The van der Waals surface area contributed by atoms with Crippen LogP contribution >= 0.6 is 0 Å².